The number of aromatic nitrogens is 3. The van der Waals surface area contributed by atoms with E-state index in [1.807, 2.05) is 56.6 Å². The number of allylic oxidation sites excluding steroid dienone is 1. The minimum absolute atomic E-state index is 0.0912. The van der Waals surface area contributed by atoms with Crippen LogP contribution in [-0.4, -0.2) is 26.8 Å². The third-order valence-electron chi connectivity index (χ3n) is 5.90. The summed E-state index contributed by atoms with van der Waals surface area (Å²) in [4.78, 5) is 39.2. The van der Waals surface area contributed by atoms with Gasteiger partial charge in [0, 0.05) is 34.2 Å². The number of carbonyl (C=O) groups is 2. The number of aromatic amines is 1. The van der Waals surface area contributed by atoms with Crippen LogP contribution in [0.15, 0.2) is 47.0 Å². The molecular weight excluding hydrogens is 396 g/mol. The Kier molecular flexibility index (Phi) is 5.00. The van der Waals surface area contributed by atoms with Gasteiger partial charge in [0.1, 0.15) is 0 Å². The molecule has 8 nitrogen and oxygen atoms in total. The predicted octanol–water partition coefficient (Wildman–Crippen LogP) is 3.54. The van der Waals surface area contributed by atoms with Crippen LogP contribution in [0.25, 0.3) is 22.2 Å². The van der Waals surface area contributed by atoms with Crippen LogP contribution >= 0.6 is 0 Å². The van der Waals surface area contributed by atoms with Crippen molar-refractivity contribution in [2.75, 3.05) is 0 Å². The molecule has 1 atom stereocenters. The molecule has 1 unspecified atom stereocenters. The van der Waals surface area contributed by atoms with E-state index in [1.54, 1.807) is 6.07 Å². The minimum Gasteiger partial charge on any atom is -0.404 e. The number of rotatable bonds is 5. The van der Waals surface area contributed by atoms with Crippen LogP contribution in [0.2, 0.25) is 0 Å². The molecule has 0 radical (unpaired) electrons. The summed E-state index contributed by atoms with van der Waals surface area (Å²) in [7, 11) is 0. The van der Waals surface area contributed by atoms with Gasteiger partial charge in [-0.2, -0.15) is 5.10 Å². The Morgan fingerprint density at radius 2 is 1.94 bits per heavy atom. The van der Waals surface area contributed by atoms with Crippen molar-refractivity contribution in [3.63, 3.8) is 0 Å². The van der Waals surface area contributed by atoms with Gasteiger partial charge in [-0.25, -0.2) is 4.79 Å². The van der Waals surface area contributed by atoms with Crippen molar-refractivity contribution in [2.45, 2.75) is 46.1 Å². The van der Waals surface area contributed by atoms with E-state index in [-0.39, 0.29) is 11.3 Å². The van der Waals surface area contributed by atoms with Gasteiger partial charge in [0.05, 0.1) is 11.2 Å². The average Bonchev–Trinajstić information content (AvgIpc) is 3.24. The molecule has 0 saturated carbocycles. The molecule has 1 aliphatic heterocycles. The van der Waals surface area contributed by atoms with Gasteiger partial charge in [0.2, 0.25) is 0 Å². The number of hydrogen-bond acceptors (Lipinski definition) is 5. The van der Waals surface area contributed by atoms with Gasteiger partial charge >= 0.3 is 6.09 Å². The first kappa shape index (κ1) is 20.6. The summed E-state index contributed by atoms with van der Waals surface area (Å²) in [6.45, 7) is 8.51. The number of cyclic esters (lactones) is 1. The molecule has 160 valence electrons. The van der Waals surface area contributed by atoms with E-state index in [0.717, 1.165) is 28.7 Å². The fourth-order valence-electron chi connectivity index (χ4n) is 3.92. The smallest absolute Gasteiger partial charge is 0.404 e. The molecule has 31 heavy (non-hydrogen) atoms. The van der Waals surface area contributed by atoms with Crippen molar-refractivity contribution in [3.05, 3.63) is 63.8 Å². The van der Waals surface area contributed by atoms with E-state index in [1.165, 1.54) is 6.08 Å². The Morgan fingerprint density at radius 1 is 1.16 bits per heavy atom. The zero-order chi connectivity index (χ0) is 22.3. The quantitative estimate of drug-likeness (QED) is 0.614. The SMILES string of the molecule is CCn1nc(C)c2ccc(-c3ccc(C(C)(/C=C4\OC(=O)NC4=O)CC)c(=O)[nH]3)cc21. The number of benzene rings is 1. The zero-order valence-corrected chi connectivity index (χ0v) is 17.9. The number of imide groups is 1. The lowest BCUT2D eigenvalue weighted by Crippen LogP contribution is -2.29. The van der Waals surface area contributed by atoms with Gasteiger partial charge in [0.25, 0.3) is 11.5 Å². The standard InChI is InChI=1S/C23H24N4O4/c1-5-23(4,12-19-21(29)25-22(30)31-19)16-9-10-17(24-20(16)28)14-7-8-15-13(3)26-27(6-2)18(15)11-14/h7-12H,5-6H2,1-4H3,(H,24,28)(H,25,29,30)/b19-12-. The molecule has 4 rings (SSSR count). The van der Waals surface area contributed by atoms with Crippen LogP contribution < -0.4 is 10.9 Å². The summed E-state index contributed by atoms with van der Waals surface area (Å²) in [6.07, 6.45) is 1.26. The molecule has 1 aliphatic rings. The monoisotopic (exact) mass is 420 g/mol. The Balaban J connectivity index is 1.75. The van der Waals surface area contributed by atoms with Crippen LogP contribution in [0.4, 0.5) is 4.79 Å². The topological polar surface area (TPSA) is 106 Å². The van der Waals surface area contributed by atoms with Gasteiger partial charge in [-0.1, -0.05) is 32.0 Å². The molecule has 2 amide bonds. The summed E-state index contributed by atoms with van der Waals surface area (Å²) < 4.78 is 6.87. The first-order chi connectivity index (χ1) is 14.8. The predicted molar refractivity (Wildman–Crippen MR) is 117 cm³/mol. The second-order valence-electron chi connectivity index (χ2n) is 7.87. The molecule has 8 heteroatoms. The van der Waals surface area contributed by atoms with Crippen LogP contribution in [0, 0.1) is 6.92 Å². The lowest BCUT2D eigenvalue weighted by Gasteiger charge is -2.24. The Morgan fingerprint density at radius 3 is 2.55 bits per heavy atom. The molecular formula is C23H24N4O4. The third-order valence-corrected chi connectivity index (χ3v) is 5.90. The van der Waals surface area contributed by atoms with E-state index in [9.17, 15) is 14.4 Å². The van der Waals surface area contributed by atoms with E-state index >= 15 is 0 Å². The number of fused-ring (bicyclic) bond motifs is 1. The van der Waals surface area contributed by atoms with E-state index in [0.29, 0.717) is 17.7 Å². The third kappa shape index (κ3) is 3.54. The minimum atomic E-state index is -0.809. The lowest BCUT2D eigenvalue weighted by atomic mass is 9.80. The Labute approximate surface area is 178 Å². The number of amides is 2. The maximum atomic E-state index is 13.0. The van der Waals surface area contributed by atoms with Crippen molar-refractivity contribution in [3.8, 4) is 11.3 Å². The fraction of sp³-hybridized carbons (Fsp3) is 0.304. The number of aryl methyl sites for hydroxylation is 2. The highest BCUT2D eigenvalue weighted by Gasteiger charge is 2.33. The number of pyridine rings is 1. The first-order valence-corrected chi connectivity index (χ1v) is 10.2. The molecule has 3 heterocycles. The molecule has 0 aliphatic carbocycles. The largest absolute Gasteiger partial charge is 0.419 e. The Bertz CT molecular complexity index is 1300. The molecule has 0 spiro atoms. The fourth-order valence-corrected chi connectivity index (χ4v) is 3.92. The first-order valence-electron chi connectivity index (χ1n) is 10.2. The summed E-state index contributed by atoms with van der Waals surface area (Å²) in [5.74, 6) is -0.694. The molecule has 2 aromatic heterocycles. The van der Waals surface area contributed by atoms with Crippen molar-refractivity contribution in [2.24, 2.45) is 0 Å². The summed E-state index contributed by atoms with van der Waals surface area (Å²) in [5.41, 5.74) is 2.99. The molecule has 1 saturated heterocycles. The van der Waals surface area contributed by atoms with Crippen molar-refractivity contribution in [1.29, 1.82) is 0 Å². The van der Waals surface area contributed by atoms with E-state index < -0.39 is 17.4 Å². The summed E-state index contributed by atoms with van der Waals surface area (Å²) in [6, 6.07) is 9.61. The molecule has 2 N–H and O–H groups in total. The highest BCUT2D eigenvalue weighted by Crippen LogP contribution is 2.31. The van der Waals surface area contributed by atoms with Crippen molar-refractivity contribution >= 4 is 22.9 Å². The normalized spacial score (nSPS) is 17.1. The number of nitrogens with zero attached hydrogens (tertiary/aromatic N) is 2. The molecule has 0 bridgehead atoms. The van der Waals surface area contributed by atoms with Gasteiger partial charge < -0.3 is 9.72 Å². The van der Waals surface area contributed by atoms with E-state index in [2.05, 4.69) is 15.4 Å². The average molecular weight is 420 g/mol. The summed E-state index contributed by atoms with van der Waals surface area (Å²) >= 11 is 0. The number of nitrogens with one attached hydrogen (secondary N) is 2. The van der Waals surface area contributed by atoms with Crippen molar-refractivity contribution in [1.82, 2.24) is 20.1 Å². The second kappa shape index (κ2) is 7.54. The van der Waals surface area contributed by atoms with Crippen molar-refractivity contribution < 1.29 is 14.3 Å². The van der Waals surface area contributed by atoms with E-state index in [4.69, 9.17) is 4.74 Å². The summed E-state index contributed by atoms with van der Waals surface area (Å²) in [5, 5.41) is 7.71. The highest BCUT2D eigenvalue weighted by molar-refractivity contribution is 6.07. The lowest BCUT2D eigenvalue weighted by molar-refractivity contribution is -0.116. The van der Waals surface area contributed by atoms with Gasteiger partial charge in [-0.3, -0.25) is 19.6 Å². The number of alkyl carbamates (subject to hydrolysis) is 1. The van der Waals surface area contributed by atoms with Crippen LogP contribution in [-0.2, 0) is 21.5 Å². The van der Waals surface area contributed by atoms with Gasteiger partial charge in [-0.05, 0) is 38.5 Å². The Hall–Kier alpha value is -3.68. The molecule has 1 fully saturated rings. The van der Waals surface area contributed by atoms with Crippen LogP contribution in [0.5, 0.6) is 0 Å². The maximum absolute atomic E-state index is 13.0. The highest BCUT2D eigenvalue weighted by atomic mass is 16.6. The maximum Gasteiger partial charge on any atom is 0.419 e. The molecule has 3 aromatic rings. The number of carbonyl (C=O) groups excluding carboxylic acids is 2. The number of hydrogen-bond donors (Lipinski definition) is 2. The zero-order valence-electron chi connectivity index (χ0n) is 17.9. The number of H-pyrrole nitrogens is 1. The molecule has 1 aromatic carbocycles. The van der Waals surface area contributed by atoms with Gasteiger partial charge in [-0.15, -0.1) is 0 Å². The van der Waals surface area contributed by atoms with Gasteiger partial charge in [0.15, 0.2) is 5.76 Å². The second-order valence-corrected chi connectivity index (χ2v) is 7.87. The van der Waals surface area contributed by atoms with Crippen LogP contribution in [0.1, 0.15) is 38.4 Å². The van der Waals surface area contributed by atoms with Crippen LogP contribution in [0.3, 0.4) is 0 Å². The number of ether oxygens (including phenoxy) is 1.